The lowest BCUT2D eigenvalue weighted by molar-refractivity contribution is 0.419. The smallest absolute Gasteiger partial charge is 0.134 e. The molecule has 1 heterocycles. The number of rotatable bonds is 6. The summed E-state index contributed by atoms with van der Waals surface area (Å²) >= 11 is 1.83. The van der Waals surface area contributed by atoms with Crippen molar-refractivity contribution in [1.29, 1.82) is 0 Å². The molecule has 0 aromatic carbocycles. The molecule has 0 radical (unpaired) electrons. The van der Waals surface area contributed by atoms with Crippen LogP contribution in [-0.4, -0.2) is 16.7 Å². The van der Waals surface area contributed by atoms with E-state index in [9.17, 15) is 0 Å². The first-order valence-electron chi connectivity index (χ1n) is 7.29. The Balaban J connectivity index is 2.09. The van der Waals surface area contributed by atoms with Crippen LogP contribution >= 0.6 is 11.3 Å². The van der Waals surface area contributed by atoms with Gasteiger partial charge in [-0.05, 0) is 39.2 Å². The molecule has 18 heavy (non-hydrogen) atoms. The molecule has 1 aliphatic carbocycles. The van der Waals surface area contributed by atoms with Crippen LogP contribution in [0.3, 0.4) is 0 Å². The lowest BCUT2D eigenvalue weighted by Gasteiger charge is -2.23. The molecular formula is C14H25N3S. The van der Waals surface area contributed by atoms with Gasteiger partial charge in [-0.15, -0.1) is 10.2 Å². The molecule has 0 bridgehead atoms. The molecule has 2 rings (SSSR count). The maximum Gasteiger partial charge on any atom is 0.134 e. The van der Waals surface area contributed by atoms with E-state index >= 15 is 0 Å². The minimum atomic E-state index is 0.339. The van der Waals surface area contributed by atoms with Crippen molar-refractivity contribution in [3.8, 4) is 0 Å². The fraction of sp³-hybridized carbons (Fsp3) is 0.857. The molecule has 1 N–H and O–H groups in total. The van der Waals surface area contributed by atoms with Gasteiger partial charge >= 0.3 is 0 Å². The van der Waals surface area contributed by atoms with Gasteiger partial charge < -0.3 is 5.32 Å². The number of hydrogen-bond donors (Lipinski definition) is 1. The third-order valence-electron chi connectivity index (χ3n) is 4.20. The number of aromatic nitrogens is 2. The molecule has 0 spiro atoms. The van der Waals surface area contributed by atoms with E-state index in [-0.39, 0.29) is 0 Å². The van der Waals surface area contributed by atoms with Gasteiger partial charge in [0.15, 0.2) is 0 Å². The molecule has 1 aromatic heterocycles. The lowest BCUT2D eigenvalue weighted by atomic mass is 9.84. The van der Waals surface area contributed by atoms with Crippen molar-refractivity contribution in [2.45, 2.75) is 70.8 Å². The summed E-state index contributed by atoms with van der Waals surface area (Å²) in [6.45, 7) is 7.73. The predicted octanol–water partition coefficient (Wildman–Crippen LogP) is 3.82. The van der Waals surface area contributed by atoms with Crippen molar-refractivity contribution >= 4 is 11.3 Å². The molecule has 0 aliphatic heterocycles. The number of nitrogens with zero attached hydrogens (tertiary/aromatic N) is 2. The SMILES string of the molecule is CCCNC(C)c1nnc(C2(CC)CCCC2)s1. The topological polar surface area (TPSA) is 37.8 Å². The van der Waals surface area contributed by atoms with Crippen LogP contribution in [0.1, 0.15) is 75.4 Å². The highest BCUT2D eigenvalue weighted by atomic mass is 32.1. The Morgan fingerprint density at radius 2 is 2.00 bits per heavy atom. The Morgan fingerprint density at radius 3 is 2.61 bits per heavy atom. The normalized spacial score (nSPS) is 20.2. The second-order valence-electron chi connectivity index (χ2n) is 5.46. The zero-order chi connectivity index (χ0) is 13.0. The predicted molar refractivity (Wildman–Crippen MR) is 77.1 cm³/mol. The molecule has 1 aromatic rings. The summed E-state index contributed by atoms with van der Waals surface area (Å²) in [7, 11) is 0. The van der Waals surface area contributed by atoms with Crippen LogP contribution in [0.2, 0.25) is 0 Å². The second-order valence-corrected chi connectivity index (χ2v) is 6.47. The summed E-state index contributed by atoms with van der Waals surface area (Å²) in [6.07, 6.45) is 7.68. The summed E-state index contributed by atoms with van der Waals surface area (Å²) in [5.74, 6) is 0. The van der Waals surface area contributed by atoms with Gasteiger partial charge in [0.05, 0.1) is 6.04 Å². The number of hydrogen-bond acceptors (Lipinski definition) is 4. The summed E-state index contributed by atoms with van der Waals surface area (Å²) < 4.78 is 0. The Kier molecular flexibility index (Phi) is 4.73. The highest BCUT2D eigenvalue weighted by Gasteiger charge is 2.37. The maximum absolute atomic E-state index is 4.50. The van der Waals surface area contributed by atoms with Crippen molar-refractivity contribution in [1.82, 2.24) is 15.5 Å². The lowest BCUT2D eigenvalue weighted by Crippen LogP contribution is -2.20. The van der Waals surface area contributed by atoms with Gasteiger partial charge in [-0.25, -0.2) is 0 Å². The van der Waals surface area contributed by atoms with Gasteiger partial charge in [0, 0.05) is 5.41 Å². The molecule has 0 amide bonds. The summed E-state index contributed by atoms with van der Waals surface area (Å²) in [6, 6.07) is 0.339. The van der Waals surface area contributed by atoms with E-state index < -0.39 is 0 Å². The minimum Gasteiger partial charge on any atom is -0.308 e. The minimum absolute atomic E-state index is 0.339. The Hall–Kier alpha value is -0.480. The molecule has 1 aliphatic rings. The monoisotopic (exact) mass is 267 g/mol. The van der Waals surface area contributed by atoms with Crippen LogP contribution in [0.15, 0.2) is 0 Å². The van der Waals surface area contributed by atoms with Gasteiger partial charge in [-0.2, -0.15) is 0 Å². The Morgan fingerprint density at radius 1 is 1.28 bits per heavy atom. The van der Waals surface area contributed by atoms with Crippen LogP contribution in [0, 0.1) is 0 Å². The summed E-state index contributed by atoms with van der Waals surface area (Å²) in [5.41, 5.74) is 0.348. The molecule has 1 atom stereocenters. The van der Waals surface area contributed by atoms with Crippen LogP contribution in [0.4, 0.5) is 0 Å². The molecule has 1 fully saturated rings. The Labute approximate surface area is 114 Å². The van der Waals surface area contributed by atoms with Gasteiger partial charge in [0.25, 0.3) is 0 Å². The van der Waals surface area contributed by atoms with Gasteiger partial charge in [-0.1, -0.05) is 38.0 Å². The van der Waals surface area contributed by atoms with Gasteiger partial charge in [0.2, 0.25) is 0 Å². The zero-order valence-electron chi connectivity index (χ0n) is 11.8. The van der Waals surface area contributed by atoms with Gasteiger partial charge in [-0.3, -0.25) is 0 Å². The van der Waals surface area contributed by atoms with E-state index in [4.69, 9.17) is 0 Å². The standard InChI is InChI=1S/C14H25N3S/c1-4-10-15-11(3)12-16-17-13(18-12)14(5-2)8-6-7-9-14/h11,15H,4-10H2,1-3H3. The molecule has 3 nitrogen and oxygen atoms in total. The zero-order valence-corrected chi connectivity index (χ0v) is 12.6. The maximum atomic E-state index is 4.50. The summed E-state index contributed by atoms with van der Waals surface area (Å²) in [4.78, 5) is 0. The van der Waals surface area contributed by atoms with Crippen molar-refractivity contribution in [2.75, 3.05) is 6.54 Å². The van der Waals surface area contributed by atoms with Crippen molar-refractivity contribution in [3.05, 3.63) is 10.0 Å². The largest absolute Gasteiger partial charge is 0.308 e. The molecule has 4 heteroatoms. The molecule has 102 valence electrons. The molecular weight excluding hydrogens is 242 g/mol. The van der Waals surface area contributed by atoms with Crippen molar-refractivity contribution < 1.29 is 0 Å². The van der Waals surface area contributed by atoms with Crippen LogP contribution in [-0.2, 0) is 5.41 Å². The highest BCUT2D eigenvalue weighted by Crippen LogP contribution is 2.45. The third kappa shape index (κ3) is 2.75. The molecule has 1 unspecified atom stereocenters. The fourth-order valence-corrected chi connectivity index (χ4v) is 4.03. The average Bonchev–Trinajstić information content (AvgIpc) is 3.04. The fourth-order valence-electron chi connectivity index (χ4n) is 2.84. The average molecular weight is 267 g/mol. The van der Waals surface area contributed by atoms with Gasteiger partial charge in [0.1, 0.15) is 10.0 Å². The molecule has 1 saturated carbocycles. The van der Waals surface area contributed by atoms with Crippen LogP contribution in [0.5, 0.6) is 0 Å². The van der Waals surface area contributed by atoms with E-state index in [0.717, 1.165) is 18.0 Å². The second kappa shape index (κ2) is 6.11. The van der Waals surface area contributed by atoms with E-state index in [1.54, 1.807) is 0 Å². The molecule has 0 saturated heterocycles. The van der Waals surface area contributed by atoms with Crippen molar-refractivity contribution in [3.63, 3.8) is 0 Å². The quantitative estimate of drug-likeness (QED) is 0.851. The first kappa shape index (κ1) is 13.9. The first-order chi connectivity index (χ1) is 8.72. The van der Waals surface area contributed by atoms with E-state index in [0.29, 0.717) is 11.5 Å². The van der Waals surface area contributed by atoms with Crippen LogP contribution in [0.25, 0.3) is 0 Å². The Bertz CT molecular complexity index is 369. The number of nitrogens with one attached hydrogen (secondary N) is 1. The first-order valence-corrected chi connectivity index (χ1v) is 8.11. The van der Waals surface area contributed by atoms with E-state index in [1.807, 2.05) is 11.3 Å². The van der Waals surface area contributed by atoms with Crippen molar-refractivity contribution in [2.24, 2.45) is 0 Å². The van der Waals surface area contributed by atoms with E-state index in [2.05, 4.69) is 36.3 Å². The highest BCUT2D eigenvalue weighted by molar-refractivity contribution is 7.11. The van der Waals surface area contributed by atoms with Crippen LogP contribution < -0.4 is 5.32 Å². The third-order valence-corrected chi connectivity index (χ3v) is 5.56. The van der Waals surface area contributed by atoms with E-state index in [1.165, 1.54) is 37.1 Å². The summed E-state index contributed by atoms with van der Waals surface area (Å²) in [5, 5.41) is 14.8.